The van der Waals surface area contributed by atoms with Gasteiger partial charge < -0.3 is 9.67 Å². The fraction of sp³-hybridized carbons (Fsp3) is 0.286. The highest BCUT2D eigenvalue weighted by molar-refractivity contribution is 7.10. The first-order valence-electron chi connectivity index (χ1n) is 6.18. The van der Waals surface area contributed by atoms with Crippen LogP contribution in [-0.2, 0) is 17.8 Å². The first-order chi connectivity index (χ1) is 9.20. The van der Waals surface area contributed by atoms with Crippen LogP contribution in [0.4, 0.5) is 0 Å². The molecule has 0 aliphatic carbocycles. The van der Waals surface area contributed by atoms with Crippen LogP contribution in [0.2, 0.25) is 0 Å². The van der Waals surface area contributed by atoms with E-state index in [9.17, 15) is 4.79 Å². The highest BCUT2D eigenvalue weighted by Crippen LogP contribution is 2.20. The van der Waals surface area contributed by atoms with Crippen molar-refractivity contribution in [1.82, 2.24) is 9.55 Å². The summed E-state index contributed by atoms with van der Waals surface area (Å²) in [5.41, 5.74) is 0.962. The van der Waals surface area contributed by atoms with Gasteiger partial charge in [0.1, 0.15) is 5.82 Å². The second-order valence-corrected chi connectivity index (χ2v) is 5.19. The molecule has 0 aromatic carbocycles. The zero-order valence-electron chi connectivity index (χ0n) is 10.7. The van der Waals surface area contributed by atoms with Gasteiger partial charge in [-0.1, -0.05) is 6.92 Å². The molecule has 0 aliphatic rings. The topological polar surface area (TPSA) is 55.1 Å². The lowest BCUT2D eigenvalue weighted by Crippen LogP contribution is -2.03. The molecule has 0 aliphatic heterocycles. The number of aryl methyl sites for hydroxylation is 1. The van der Waals surface area contributed by atoms with Gasteiger partial charge in [0.15, 0.2) is 0 Å². The quantitative estimate of drug-likeness (QED) is 0.825. The number of thiophene rings is 1. The number of carboxylic acid groups (broad SMARTS) is 1. The molecule has 2 aromatic rings. The van der Waals surface area contributed by atoms with Crippen molar-refractivity contribution in [2.45, 2.75) is 26.3 Å². The molecule has 1 N–H and O–H groups in total. The Bertz CT molecular complexity index is 584. The molecule has 2 rings (SSSR count). The van der Waals surface area contributed by atoms with Crippen molar-refractivity contribution < 1.29 is 9.90 Å². The second-order valence-electron chi connectivity index (χ2n) is 4.19. The van der Waals surface area contributed by atoms with E-state index in [1.807, 2.05) is 23.8 Å². The van der Waals surface area contributed by atoms with Crippen molar-refractivity contribution in [3.05, 3.63) is 46.2 Å². The maximum Gasteiger partial charge on any atom is 0.328 e. The molecule has 0 saturated carbocycles. The molecular weight excluding hydrogens is 260 g/mol. The van der Waals surface area contributed by atoms with E-state index >= 15 is 0 Å². The lowest BCUT2D eigenvalue weighted by molar-refractivity contribution is -0.131. The first-order valence-corrected chi connectivity index (χ1v) is 7.06. The highest BCUT2D eigenvalue weighted by Gasteiger charge is 2.06. The Balaban J connectivity index is 2.17. The van der Waals surface area contributed by atoms with E-state index in [-0.39, 0.29) is 0 Å². The fourth-order valence-corrected chi connectivity index (χ4v) is 2.74. The van der Waals surface area contributed by atoms with E-state index in [0.717, 1.165) is 35.7 Å². The summed E-state index contributed by atoms with van der Waals surface area (Å²) >= 11 is 1.63. The molecule has 0 amide bonds. The van der Waals surface area contributed by atoms with Crippen LogP contribution in [0.25, 0.3) is 6.08 Å². The molecule has 0 unspecified atom stereocenters. The van der Waals surface area contributed by atoms with Crippen LogP contribution < -0.4 is 0 Å². The monoisotopic (exact) mass is 276 g/mol. The maximum absolute atomic E-state index is 10.6. The summed E-state index contributed by atoms with van der Waals surface area (Å²) in [4.78, 5) is 16.1. The normalized spacial score (nSPS) is 11.2. The number of carbonyl (C=O) groups is 1. The minimum Gasteiger partial charge on any atom is -0.478 e. The largest absolute Gasteiger partial charge is 0.478 e. The standard InChI is InChI=1S/C14H16N2O2S/c1-2-3-13-15-7-8-16(13)10-12-11(6-9-19-12)4-5-14(17)18/h4-9H,2-3,10H2,1H3,(H,17,18)/b5-4+. The molecule has 100 valence electrons. The lowest BCUT2D eigenvalue weighted by atomic mass is 10.2. The summed E-state index contributed by atoms with van der Waals surface area (Å²) in [5.74, 6) is 0.149. The van der Waals surface area contributed by atoms with Gasteiger partial charge in [0.25, 0.3) is 0 Å². The Labute approximate surface area is 116 Å². The molecule has 0 saturated heterocycles. The number of aromatic nitrogens is 2. The zero-order chi connectivity index (χ0) is 13.7. The zero-order valence-corrected chi connectivity index (χ0v) is 11.6. The van der Waals surface area contributed by atoms with E-state index in [1.54, 1.807) is 17.4 Å². The molecule has 0 radical (unpaired) electrons. The molecule has 2 heterocycles. The minimum atomic E-state index is -0.925. The SMILES string of the molecule is CCCc1nccn1Cc1sccc1/C=C/C(=O)O. The van der Waals surface area contributed by atoms with E-state index in [1.165, 1.54) is 6.08 Å². The van der Waals surface area contributed by atoms with E-state index in [0.29, 0.717) is 0 Å². The summed E-state index contributed by atoms with van der Waals surface area (Å²) in [6.07, 6.45) is 8.61. The van der Waals surface area contributed by atoms with Crippen molar-refractivity contribution >= 4 is 23.4 Å². The minimum absolute atomic E-state index is 0.742. The third-order valence-corrected chi connectivity index (χ3v) is 3.70. The van der Waals surface area contributed by atoms with E-state index < -0.39 is 5.97 Å². The van der Waals surface area contributed by atoms with Gasteiger partial charge >= 0.3 is 5.97 Å². The third-order valence-electron chi connectivity index (χ3n) is 2.77. The summed E-state index contributed by atoms with van der Waals surface area (Å²) < 4.78 is 2.12. The van der Waals surface area contributed by atoms with Gasteiger partial charge in [-0.2, -0.15) is 0 Å². The Morgan fingerprint density at radius 3 is 3.16 bits per heavy atom. The molecule has 0 spiro atoms. The number of nitrogens with zero attached hydrogens (tertiary/aromatic N) is 2. The Morgan fingerprint density at radius 1 is 1.58 bits per heavy atom. The highest BCUT2D eigenvalue weighted by atomic mass is 32.1. The smallest absolute Gasteiger partial charge is 0.328 e. The molecule has 5 heteroatoms. The summed E-state index contributed by atoms with van der Waals surface area (Å²) in [5, 5.41) is 10.7. The Hall–Kier alpha value is -1.88. The van der Waals surface area contributed by atoms with Gasteiger partial charge in [0.2, 0.25) is 0 Å². The summed E-state index contributed by atoms with van der Waals surface area (Å²) in [7, 11) is 0. The molecule has 0 fully saturated rings. The van der Waals surface area contributed by atoms with E-state index in [4.69, 9.17) is 5.11 Å². The van der Waals surface area contributed by atoms with E-state index in [2.05, 4.69) is 16.5 Å². The molecular formula is C14H16N2O2S. The number of hydrogen-bond acceptors (Lipinski definition) is 3. The van der Waals surface area contributed by atoms with Crippen LogP contribution in [0.5, 0.6) is 0 Å². The van der Waals surface area contributed by atoms with Gasteiger partial charge in [-0.05, 0) is 29.5 Å². The van der Waals surface area contributed by atoms with Gasteiger partial charge in [-0.15, -0.1) is 11.3 Å². The van der Waals surface area contributed by atoms with Crippen molar-refractivity contribution in [2.24, 2.45) is 0 Å². The van der Waals surface area contributed by atoms with Gasteiger partial charge in [-0.3, -0.25) is 0 Å². The van der Waals surface area contributed by atoms with Crippen molar-refractivity contribution in [1.29, 1.82) is 0 Å². The van der Waals surface area contributed by atoms with Crippen molar-refractivity contribution in [2.75, 3.05) is 0 Å². The number of aliphatic carboxylic acids is 1. The number of hydrogen-bond donors (Lipinski definition) is 1. The van der Waals surface area contributed by atoms with Crippen LogP contribution in [-0.4, -0.2) is 20.6 Å². The van der Waals surface area contributed by atoms with Gasteiger partial charge in [-0.25, -0.2) is 9.78 Å². The van der Waals surface area contributed by atoms with Crippen LogP contribution >= 0.6 is 11.3 Å². The number of imidazole rings is 1. The molecule has 2 aromatic heterocycles. The first kappa shape index (κ1) is 13.5. The van der Waals surface area contributed by atoms with Crippen LogP contribution in [0.1, 0.15) is 29.6 Å². The summed E-state index contributed by atoms with van der Waals surface area (Å²) in [6.45, 7) is 2.87. The third kappa shape index (κ3) is 3.54. The molecule has 19 heavy (non-hydrogen) atoms. The predicted molar refractivity (Wildman–Crippen MR) is 76.3 cm³/mol. The molecule has 0 bridgehead atoms. The van der Waals surface area contributed by atoms with Crippen LogP contribution in [0.3, 0.4) is 0 Å². The summed E-state index contributed by atoms with van der Waals surface area (Å²) in [6, 6.07) is 1.94. The molecule has 0 atom stereocenters. The molecule has 4 nitrogen and oxygen atoms in total. The lowest BCUT2D eigenvalue weighted by Gasteiger charge is -2.06. The van der Waals surface area contributed by atoms with Crippen molar-refractivity contribution in [3.8, 4) is 0 Å². The van der Waals surface area contributed by atoms with Crippen LogP contribution in [0, 0.1) is 0 Å². The van der Waals surface area contributed by atoms with Gasteiger partial charge in [0.05, 0.1) is 6.54 Å². The van der Waals surface area contributed by atoms with Crippen LogP contribution in [0.15, 0.2) is 29.9 Å². The van der Waals surface area contributed by atoms with Crippen molar-refractivity contribution in [3.63, 3.8) is 0 Å². The second kappa shape index (κ2) is 6.33. The predicted octanol–water partition coefficient (Wildman–Crippen LogP) is 3.04. The average Bonchev–Trinajstić information content (AvgIpc) is 2.98. The number of carboxylic acids is 1. The maximum atomic E-state index is 10.6. The number of rotatable bonds is 6. The Kier molecular flexibility index (Phi) is 4.52. The fourth-order valence-electron chi connectivity index (χ4n) is 1.88. The Morgan fingerprint density at radius 2 is 2.42 bits per heavy atom. The average molecular weight is 276 g/mol. The van der Waals surface area contributed by atoms with Gasteiger partial charge in [0, 0.05) is 29.8 Å².